The highest BCUT2D eigenvalue weighted by molar-refractivity contribution is 6.08. The summed E-state index contributed by atoms with van der Waals surface area (Å²) in [6.45, 7) is 0. The molecule has 4 atom stereocenters. The molecule has 260 valence electrons. The van der Waals surface area contributed by atoms with Gasteiger partial charge >= 0.3 is 24.3 Å². The van der Waals surface area contributed by atoms with Crippen molar-refractivity contribution in [1.29, 1.82) is 0 Å². The fourth-order valence-corrected chi connectivity index (χ4v) is 6.70. The summed E-state index contributed by atoms with van der Waals surface area (Å²) in [5.41, 5.74) is -7.68. The van der Waals surface area contributed by atoms with Crippen molar-refractivity contribution >= 4 is 33.5 Å². The van der Waals surface area contributed by atoms with Crippen LogP contribution in [0.4, 0.5) is 26.3 Å². The van der Waals surface area contributed by atoms with Crippen molar-refractivity contribution < 1.29 is 54.9 Å². The molecule has 5 aromatic carbocycles. The zero-order valence-electron chi connectivity index (χ0n) is 26.7. The van der Waals surface area contributed by atoms with Crippen LogP contribution in [0.1, 0.15) is 34.8 Å². The van der Waals surface area contributed by atoms with Crippen molar-refractivity contribution in [1.82, 2.24) is 0 Å². The summed E-state index contributed by atoms with van der Waals surface area (Å²) in [6, 6.07) is 26.7. The van der Waals surface area contributed by atoms with E-state index in [9.17, 15) is 35.9 Å². The third kappa shape index (κ3) is 5.66. The molecule has 0 heterocycles. The molecule has 0 spiro atoms. The van der Waals surface area contributed by atoms with E-state index in [0.717, 1.165) is 40.4 Å². The van der Waals surface area contributed by atoms with E-state index >= 15 is 0 Å². The lowest BCUT2D eigenvalue weighted by Gasteiger charge is -2.39. The van der Waals surface area contributed by atoms with Gasteiger partial charge in [0.05, 0.1) is 0 Å². The predicted molar refractivity (Wildman–Crippen MR) is 171 cm³/mol. The molecule has 0 N–H and O–H groups in total. The Bertz CT molecular complexity index is 2030. The molecule has 50 heavy (non-hydrogen) atoms. The molecule has 0 saturated carbocycles. The van der Waals surface area contributed by atoms with E-state index in [0.29, 0.717) is 25.2 Å². The Hall–Kier alpha value is -4.94. The summed E-state index contributed by atoms with van der Waals surface area (Å²) in [6.07, 6.45) is -14.2. The first-order valence-electron chi connectivity index (χ1n) is 15.5. The zero-order valence-corrected chi connectivity index (χ0v) is 26.7. The minimum absolute atomic E-state index is 0.130. The molecular weight excluding hydrogens is 666 g/mol. The van der Waals surface area contributed by atoms with Gasteiger partial charge in [0.1, 0.15) is 6.10 Å². The van der Waals surface area contributed by atoms with Gasteiger partial charge in [-0.1, -0.05) is 103 Å². The fourth-order valence-electron chi connectivity index (χ4n) is 6.70. The molecule has 1 aliphatic rings. The number of rotatable bonds is 8. The van der Waals surface area contributed by atoms with Crippen LogP contribution >= 0.6 is 0 Å². The minimum Gasteiger partial charge on any atom is -0.455 e. The molecule has 0 radical (unpaired) electrons. The van der Waals surface area contributed by atoms with Gasteiger partial charge in [-0.15, -0.1) is 0 Å². The topological polar surface area (TPSA) is 71.1 Å². The maximum absolute atomic E-state index is 14.9. The smallest absolute Gasteiger partial charge is 0.432 e. The quantitative estimate of drug-likeness (QED) is 0.0920. The first-order valence-corrected chi connectivity index (χ1v) is 15.5. The van der Waals surface area contributed by atoms with Crippen LogP contribution in [0.15, 0.2) is 109 Å². The van der Waals surface area contributed by atoms with Crippen molar-refractivity contribution in [3.05, 3.63) is 131 Å². The Balaban J connectivity index is 1.49. The van der Waals surface area contributed by atoms with Crippen LogP contribution in [0.25, 0.3) is 21.5 Å². The summed E-state index contributed by atoms with van der Waals surface area (Å²) in [7, 11) is 1.39. The molecule has 0 amide bonds. The van der Waals surface area contributed by atoms with Gasteiger partial charge in [-0.3, -0.25) is 0 Å². The highest BCUT2D eigenvalue weighted by Gasteiger charge is 2.66. The minimum atomic E-state index is -5.35. The highest BCUT2D eigenvalue weighted by atomic mass is 19.4. The van der Waals surface area contributed by atoms with Crippen LogP contribution < -0.4 is 0 Å². The first kappa shape index (κ1) is 34.9. The number of alkyl halides is 6. The lowest BCUT2D eigenvalue weighted by atomic mass is 9.84. The van der Waals surface area contributed by atoms with Crippen molar-refractivity contribution in [2.45, 2.75) is 48.6 Å². The Morgan fingerprint density at radius 3 is 1.64 bits per heavy atom. The summed E-state index contributed by atoms with van der Waals surface area (Å²) in [5, 5.41) is 3.21. The van der Waals surface area contributed by atoms with Crippen LogP contribution in [0, 0.1) is 0 Å². The summed E-state index contributed by atoms with van der Waals surface area (Å²) >= 11 is 0. The lowest BCUT2D eigenvalue weighted by molar-refractivity contribution is -0.286. The number of methoxy groups -OCH3 is 2. The van der Waals surface area contributed by atoms with Crippen LogP contribution in [0.3, 0.4) is 0 Å². The molecule has 0 bridgehead atoms. The summed E-state index contributed by atoms with van der Waals surface area (Å²) in [5.74, 6) is -3.77. The Labute approximate surface area is 282 Å². The predicted octanol–water partition coefficient (Wildman–Crippen LogP) is 8.64. The van der Waals surface area contributed by atoms with Crippen LogP contribution in [-0.4, -0.2) is 44.6 Å². The molecule has 6 rings (SSSR count). The van der Waals surface area contributed by atoms with Crippen molar-refractivity contribution in [3.63, 3.8) is 0 Å². The molecule has 1 aliphatic carbocycles. The van der Waals surface area contributed by atoms with E-state index in [1.807, 2.05) is 30.3 Å². The van der Waals surface area contributed by atoms with Crippen LogP contribution in [0.5, 0.6) is 0 Å². The van der Waals surface area contributed by atoms with E-state index < -0.39 is 58.8 Å². The van der Waals surface area contributed by atoms with Gasteiger partial charge < -0.3 is 18.9 Å². The highest BCUT2D eigenvalue weighted by Crippen LogP contribution is 2.48. The van der Waals surface area contributed by atoms with E-state index in [-0.39, 0.29) is 18.4 Å². The number of hydrogen-bond acceptors (Lipinski definition) is 6. The van der Waals surface area contributed by atoms with E-state index in [1.165, 1.54) is 36.4 Å². The van der Waals surface area contributed by atoms with E-state index in [4.69, 9.17) is 18.9 Å². The number of fused-ring (bicyclic) bond motifs is 4. The first-order chi connectivity index (χ1) is 23.8. The number of esters is 2. The molecule has 0 fully saturated rings. The second-order valence-corrected chi connectivity index (χ2v) is 11.9. The molecule has 6 nitrogen and oxygen atoms in total. The maximum Gasteiger partial charge on any atom is 0.432 e. The Morgan fingerprint density at radius 2 is 1.10 bits per heavy atom. The molecule has 12 heteroatoms. The van der Waals surface area contributed by atoms with Gasteiger partial charge in [-0.25, -0.2) is 9.59 Å². The second kappa shape index (κ2) is 13.1. The van der Waals surface area contributed by atoms with Gasteiger partial charge in [-0.05, 0) is 46.0 Å². The van der Waals surface area contributed by atoms with Crippen LogP contribution in [0.2, 0.25) is 0 Å². The molecule has 0 saturated heterocycles. The average Bonchev–Trinajstić information content (AvgIpc) is 3.09. The number of hydrogen-bond donors (Lipinski definition) is 0. The van der Waals surface area contributed by atoms with Gasteiger partial charge in [-0.2, -0.15) is 26.3 Å². The molecule has 0 aliphatic heterocycles. The van der Waals surface area contributed by atoms with Crippen molar-refractivity contribution in [2.24, 2.45) is 0 Å². The van der Waals surface area contributed by atoms with E-state index in [2.05, 4.69) is 0 Å². The number of ether oxygens (including phenoxy) is 4. The van der Waals surface area contributed by atoms with Gasteiger partial charge in [0.15, 0.2) is 6.10 Å². The fraction of sp³-hybridized carbons (Fsp3) is 0.263. The summed E-state index contributed by atoms with van der Waals surface area (Å²) in [4.78, 5) is 27.6. The van der Waals surface area contributed by atoms with Crippen molar-refractivity contribution in [3.8, 4) is 0 Å². The number of aryl methyl sites for hydroxylation is 1. The standard InChI is InChI=1S/C38H30F6O6/c1-47-35(37(39,40)41,26-12-5-3-6-13-26)33(45)49-31-20-19-25-21-29-24(18-17-23-11-9-10-16-28(23)29)22-30(25)32(31)50-34(46)36(48-2,38(42,43)44)27-14-7-4-8-15-27/h3-18,21-22,31-32H,19-20H2,1-2H3/t31-,32+,35+,36+/m1/s1. The Morgan fingerprint density at radius 1 is 0.600 bits per heavy atom. The zero-order chi connectivity index (χ0) is 35.9. The number of halogens is 6. The SMILES string of the molecule is CO[C@](C(=O)O[C@@H]1CCc2cc3c(ccc4ccccc43)cc2[C@@H]1OC(=O)[C@@](OC)(c1ccccc1)C(F)(F)F)(c1ccccc1)C(F)(F)F. The summed E-state index contributed by atoms with van der Waals surface area (Å²) < 4.78 is 110. The van der Waals surface area contributed by atoms with Gasteiger partial charge in [0.25, 0.3) is 11.2 Å². The number of carbonyl (C=O) groups is 2. The molecule has 5 aromatic rings. The monoisotopic (exact) mass is 696 g/mol. The van der Waals surface area contributed by atoms with Crippen LogP contribution in [-0.2, 0) is 46.2 Å². The largest absolute Gasteiger partial charge is 0.455 e. The molecular formula is C38H30F6O6. The molecule has 0 aromatic heterocycles. The van der Waals surface area contributed by atoms with Gasteiger partial charge in [0.2, 0.25) is 0 Å². The normalized spacial score (nSPS) is 18.9. The third-order valence-corrected chi connectivity index (χ3v) is 9.19. The Kier molecular flexibility index (Phi) is 9.12. The molecule has 0 unspecified atom stereocenters. The third-order valence-electron chi connectivity index (χ3n) is 9.19. The number of benzene rings is 5. The second-order valence-electron chi connectivity index (χ2n) is 11.9. The van der Waals surface area contributed by atoms with Gasteiger partial charge in [0, 0.05) is 30.9 Å². The van der Waals surface area contributed by atoms with E-state index in [1.54, 1.807) is 18.2 Å². The maximum atomic E-state index is 14.9. The average molecular weight is 697 g/mol. The lowest BCUT2D eigenvalue weighted by Crippen LogP contribution is -2.54. The number of carbonyl (C=O) groups excluding carboxylic acids is 2. The van der Waals surface area contributed by atoms with Crippen molar-refractivity contribution in [2.75, 3.05) is 14.2 Å².